The second-order valence-corrected chi connectivity index (χ2v) is 5.14. The van der Waals surface area contributed by atoms with E-state index in [2.05, 4.69) is 4.98 Å². The molecule has 0 spiro atoms. The van der Waals surface area contributed by atoms with Crippen molar-refractivity contribution in [2.45, 2.75) is 0 Å². The van der Waals surface area contributed by atoms with Crippen LogP contribution in [0.4, 0.5) is 10.1 Å². The predicted octanol–water partition coefficient (Wildman–Crippen LogP) is 4.35. The summed E-state index contributed by atoms with van der Waals surface area (Å²) in [7, 11) is 0. The van der Waals surface area contributed by atoms with Crippen LogP contribution in [-0.2, 0) is 0 Å². The van der Waals surface area contributed by atoms with Crippen molar-refractivity contribution in [2.75, 3.05) is 5.73 Å². The maximum absolute atomic E-state index is 13.4. The standard InChI is InChI=1S/C19H15FN2O/c20-15-5-8-19(23)17(12-15)18-11-14(9-10-22-18)2-1-13-3-6-16(21)7-4-13/h1-12,23H,21H2/b2-1+. The molecule has 0 saturated heterocycles. The number of halogens is 1. The summed E-state index contributed by atoms with van der Waals surface area (Å²) in [6, 6.07) is 15.0. The first-order valence-electron chi connectivity index (χ1n) is 7.10. The number of nitrogens with zero attached hydrogens (tertiary/aromatic N) is 1. The molecule has 0 saturated carbocycles. The number of aromatic hydroxyl groups is 1. The Bertz CT molecular complexity index is 857. The highest BCUT2D eigenvalue weighted by Crippen LogP contribution is 2.28. The number of phenolic OH excluding ortho intramolecular Hbond substituents is 1. The van der Waals surface area contributed by atoms with Crippen molar-refractivity contribution in [1.29, 1.82) is 0 Å². The maximum atomic E-state index is 13.4. The fraction of sp³-hybridized carbons (Fsp3) is 0. The largest absolute Gasteiger partial charge is 0.507 e. The van der Waals surface area contributed by atoms with Gasteiger partial charge in [0.25, 0.3) is 0 Å². The Hall–Kier alpha value is -3.14. The molecule has 23 heavy (non-hydrogen) atoms. The number of benzene rings is 2. The molecule has 4 heteroatoms. The van der Waals surface area contributed by atoms with Gasteiger partial charge in [0.15, 0.2) is 0 Å². The van der Waals surface area contributed by atoms with Gasteiger partial charge in [-0.2, -0.15) is 0 Å². The van der Waals surface area contributed by atoms with E-state index in [9.17, 15) is 9.50 Å². The number of aromatic nitrogens is 1. The van der Waals surface area contributed by atoms with Gasteiger partial charge in [-0.15, -0.1) is 0 Å². The molecular weight excluding hydrogens is 291 g/mol. The van der Waals surface area contributed by atoms with Crippen molar-refractivity contribution in [2.24, 2.45) is 0 Å². The Labute approximate surface area is 133 Å². The first kappa shape index (κ1) is 14.8. The SMILES string of the molecule is Nc1ccc(/C=C/c2ccnc(-c3cc(F)ccc3O)c2)cc1. The Morgan fingerprint density at radius 1 is 0.913 bits per heavy atom. The van der Waals surface area contributed by atoms with Gasteiger partial charge in [0.2, 0.25) is 0 Å². The van der Waals surface area contributed by atoms with Crippen LogP contribution < -0.4 is 5.73 Å². The van der Waals surface area contributed by atoms with Crippen LogP contribution in [0.5, 0.6) is 5.75 Å². The third-order valence-electron chi connectivity index (χ3n) is 3.42. The summed E-state index contributed by atoms with van der Waals surface area (Å²) in [4.78, 5) is 4.20. The smallest absolute Gasteiger partial charge is 0.125 e. The van der Waals surface area contributed by atoms with Crippen LogP contribution >= 0.6 is 0 Å². The Kier molecular flexibility index (Phi) is 4.06. The van der Waals surface area contributed by atoms with E-state index in [1.807, 2.05) is 42.5 Å². The second-order valence-electron chi connectivity index (χ2n) is 5.14. The van der Waals surface area contributed by atoms with Crippen molar-refractivity contribution in [1.82, 2.24) is 4.98 Å². The number of nitrogen functional groups attached to an aromatic ring is 1. The molecule has 0 amide bonds. The summed E-state index contributed by atoms with van der Waals surface area (Å²) in [5.74, 6) is -0.416. The van der Waals surface area contributed by atoms with Crippen LogP contribution in [0.25, 0.3) is 23.4 Å². The fourth-order valence-electron chi connectivity index (χ4n) is 2.21. The van der Waals surface area contributed by atoms with E-state index in [4.69, 9.17) is 5.73 Å². The molecular formula is C19H15FN2O. The van der Waals surface area contributed by atoms with E-state index >= 15 is 0 Å². The monoisotopic (exact) mass is 306 g/mol. The number of anilines is 1. The number of phenols is 1. The minimum atomic E-state index is -0.414. The summed E-state index contributed by atoms with van der Waals surface area (Å²) in [6.07, 6.45) is 5.50. The van der Waals surface area contributed by atoms with Gasteiger partial charge in [0, 0.05) is 17.4 Å². The molecule has 0 radical (unpaired) electrons. The average Bonchev–Trinajstić information content (AvgIpc) is 2.57. The van der Waals surface area contributed by atoms with Crippen LogP contribution in [0.1, 0.15) is 11.1 Å². The highest BCUT2D eigenvalue weighted by Gasteiger charge is 2.07. The zero-order chi connectivity index (χ0) is 16.2. The molecule has 0 fully saturated rings. The van der Waals surface area contributed by atoms with E-state index in [-0.39, 0.29) is 5.75 Å². The first-order chi connectivity index (χ1) is 11.1. The molecule has 1 heterocycles. The molecule has 0 aliphatic rings. The molecule has 3 aromatic rings. The van der Waals surface area contributed by atoms with Gasteiger partial charge in [-0.3, -0.25) is 4.98 Å². The highest BCUT2D eigenvalue weighted by molar-refractivity contribution is 5.74. The van der Waals surface area contributed by atoms with Gasteiger partial charge in [0.1, 0.15) is 11.6 Å². The fourth-order valence-corrected chi connectivity index (χ4v) is 2.21. The van der Waals surface area contributed by atoms with Crippen LogP contribution in [0.2, 0.25) is 0 Å². The number of pyridine rings is 1. The summed E-state index contributed by atoms with van der Waals surface area (Å²) in [5, 5.41) is 9.88. The minimum Gasteiger partial charge on any atom is -0.507 e. The van der Waals surface area contributed by atoms with Crippen molar-refractivity contribution in [3.63, 3.8) is 0 Å². The van der Waals surface area contributed by atoms with Crippen LogP contribution in [0.15, 0.2) is 60.8 Å². The maximum Gasteiger partial charge on any atom is 0.125 e. The molecule has 0 aliphatic carbocycles. The summed E-state index contributed by atoms with van der Waals surface area (Å²) >= 11 is 0. The molecule has 1 aromatic heterocycles. The minimum absolute atomic E-state index is 0.00133. The van der Waals surface area contributed by atoms with E-state index < -0.39 is 5.82 Å². The van der Waals surface area contributed by atoms with Gasteiger partial charge in [-0.25, -0.2) is 4.39 Å². The van der Waals surface area contributed by atoms with Crippen LogP contribution in [0.3, 0.4) is 0 Å². The van der Waals surface area contributed by atoms with Gasteiger partial charge < -0.3 is 10.8 Å². The lowest BCUT2D eigenvalue weighted by Gasteiger charge is -2.05. The van der Waals surface area contributed by atoms with E-state index in [1.54, 1.807) is 12.3 Å². The van der Waals surface area contributed by atoms with Crippen molar-refractivity contribution in [3.8, 4) is 17.0 Å². The molecule has 114 valence electrons. The van der Waals surface area contributed by atoms with E-state index in [1.165, 1.54) is 18.2 Å². The summed E-state index contributed by atoms with van der Waals surface area (Å²) in [5.41, 5.74) is 9.18. The van der Waals surface area contributed by atoms with Gasteiger partial charge in [-0.1, -0.05) is 24.3 Å². The molecule has 3 nitrogen and oxygen atoms in total. The predicted molar refractivity (Wildman–Crippen MR) is 91.1 cm³/mol. The van der Waals surface area contributed by atoms with Gasteiger partial charge in [0.05, 0.1) is 5.69 Å². The van der Waals surface area contributed by atoms with Gasteiger partial charge >= 0.3 is 0 Å². The van der Waals surface area contributed by atoms with Crippen molar-refractivity contribution >= 4 is 17.8 Å². The number of rotatable bonds is 3. The highest BCUT2D eigenvalue weighted by atomic mass is 19.1. The lowest BCUT2D eigenvalue weighted by Crippen LogP contribution is -1.87. The van der Waals surface area contributed by atoms with E-state index in [0.717, 1.165) is 16.8 Å². The molecule has 0 bridgehead atoms. The lowest BCUT2D eigenvalue weighted by molar-refractivity contribution is 0.475. The van der Waals surface area contributed by atoms with Crippen molar-refractivity contribution < 1.29 is 9.50 Å². The Morgan fingerprint density at radius 2 is 1.65 bits per heavy atom. The third-order valence-corrected chi connectivity index (χ3v) is 3.42. The van der Waals surface area contributed by atoms with Gasteiger partial charge in [-0.05, 0) is 53.6 Å². The molecule has 2 aromatic carbocycles. The zero-order valence-corrected chi connectivity index (χ0v) is 12.3. The molecule has 3 rings (SSSR count). The third kappa shape index (κ3) is 3.55. The van der Waals surface area contributed by atoms with Crippen molar-refractivity contribution in [3.05, 3.63) is 77.7 Å². The Balaban J connectivity index is 1.90. The molecule has 0 atom stereocenters. The molecule has 0 unspecified atom stereocenters. The summed E-state index contributed by atoms with van der Waals surface area (Å²) in [6.45, 7) is 0. The van der Waals surface area contributed by atoms with E-state index in [0.29, 0.717) is 11.3 Å². The normalized spacial score (nSPS) is 11.0. The quantitative estimate of drug-likeness (QED) is 0.707. The van der Waals surface area contributed by atoms with Crippen LogP contribution in [0, 0.1) is 5.82 Å². The van der Waals surface area contributed by atoms with Crippen LogP contribution in [-0.4, -0.2) is 10.1 Å². The summed E-state index contributed by atoms with van der Waals surface area (Å²) < 4.78 is 13.4. The number of nitrogens with two attached hydrogens (primary N) is 1. The topological polar surface area (TPSA) is 59.1 Å². The molecule has 3 N–H and O–H groups in total. The number of hydrogen-bond donors (Lipinski definition) is 2. The zero-order valence-electron chi connectivity index (χ0n) is 12.3. The Morgan fingerprint density at radius 3 is 2.43 bits per heavy atom. The first-order valence-corrected chi connectivity index (χ1v) is 7.10. The lowest BCUT2D eigenvalue weighted by atomic mass is 10.1. The average molecular weight is 306 g/mol. The number of hydrogen-bond acceptors (Lipinski definition) is 3. The molecule has 0 aliphatic heterocycles. The second kappa shape index (κ2) is 6.32.